The summed E-state index contributed by atoms with van der Waals surface area (Å²) >= 11 is 1.77. The van der Waals surface area contributed by atoms with Crippen molar-refractivity contribution in [1.29, 1.82) is 0 Å². The van der Waals surface area contributed by atoms with Crippen LogP contribution in [0.1, 0.15) is 32.1 Å². The normalized spacial score (nSPS) is 11.9. The lowest BCUT2D eigenvalue weighted by molar-refractivity contribution is -0.117. The van der Waals surface area contributed by atoms with E-state index in [4.69, 9.17) is 0 Å². The van der Waals surface area contributed by atoms with Gasteiger partial charge in [0.25, 0.3) is 0 Å². The van der Waals surface area contributed by atoms with Gasteiger partial charge in [-0.05, 0) is 48.7 Å². The largest absolute Gasteiger partial charge is 0.338 e. The topological polar surface area (TPSA) is 112 Å². The van der Waals surface area contributed by atoms with E-state index in [1.807, 2.05) is 39.1 Å². The molecule has 0 unspecified atom stereocenters. The lowest BCUT2D eigenvalue weighted by Gasteiger charge is -2.17. The average molecular weight is 522 g/mol. The molecule has 0 aromatic carbocycles. The van der Waals surface area contributed by atoms with Gasteiger partial charge in [0.1, 0.15) is 11.3 Å². The number of rotatable bonds is 5. The van der Waals surface area contributed by atoms with E-state index < -0.39 is 0 Å². The van der Waals surface area contributed by atoms with E-state index in [1.54, 1.807) is 29.9 Å². The standard InChI is InChI=1S/C29H27N7OS/c1-16-5-6-25(38-16)19-7-8-31-28-20(19)10-23(34-28)27-21-11-22(32-15-24(21)35-36-27)17-9-18(14-30-13-17)33-26(37)12-29(2,3)4/h5-11,13-15H,12H2,1-4H3,(H,31,34)(H,33,37)(H,35,36). The summed E-state index contributed by atoms with van der Waals surface area (Å²) in [5, 5.41) is 12.6. The Balaban J connectivity index is 1.36. The lowest BCUT2D eigenvalue weighted by atomic mass is 9.92. The lowest BCUT2D eigenvalue weighted by Crippen LogP contribution is -2.19. The predicted molar refractivity (Wildman–Crippen MR) is 153 cm³/mol. The predicted octanol–water partition coefficient (Wildman–Crippen LogP) is 6.97. The number of amides is 1. The molecule has 6 rings (SSSR count). The molecule has 0 aliphatic heterocycles. The highest BCUT2D eigenvalue weighted by atomic mass is 32.1. The van der Waals surface area contributed by atoms with Gasteiger partial charge in [0.15, 0.2) is 0 Å². The van der Waals surface area contributed by atoms with Crippen molar-refractivity contribution in [3.8, 4) is 33.1 Å². The Morgan fingerprint density at radius 1 is 1.03 bits per heavy atom. The fourth-order valence-corrected chi connectivity index (χ4v) is 5.47. The van der Waals surface area contributed by atoms with Gasteiger partial charge in [-0.2, -0.15) is 5.10 Å². The van der Waals surface area contributed by atoms with Crippen LogP contribution in [0.5, 0.6) is 0 Å². The van der Waals surface area contributed by atoms with Crippen LogP contribution in [0, 0.1) is 12.3 Å². The number of pyridine rings is 3. The van der Waals surface area contributed by atoms with Crippen molar-refractivity contribution in [1.82, 2.24) is 30.1 Å². The Morgan fingerprint density at radius 2 is 1.89 bits per heavy atom. The molecule has 0 atom stereocenters. The Kier molecular flexibility index (Phi) is 5.80. The summed E-state index contributed by atoms with van der Waals surface area (Å²) < 4.78 is 0. The van der Waals surface area contributed by atoms with Gasteiger partial charge in [0.2, 0.25) is 5.91 Å². The van der Waals surface area contributed by atoms with Crippen LogP contribution in [-0.4, -0.2) is 36.0 Å². The molecule has 0 saturated carbocycles. The molecule has 0 saturated heterocycles. The number of aryl methyl sites for hydroxylation is 1. The first kappa shape index (κ1) is 24.0. The van der Waals surface area contributed by atoms with Gasteiger partial charge in [0.05, 0.1) is 35.0 Å². The summed E-state index contributed by atoms with van der Waals surface area (Å²) in [4.78, 5) is 31.9. The van der Waals surface area contributed by atoms with Gasteiger partial charge in [-0.3, -0.25) is 19.9 Å². The number of aromatic amines is 2. The van der Waals surface area contributed by atoms with Crippen LogP contribution in [0.3, 0.4) is 0 Å². The molecule has 9 heteroatoms. The van der Waals surface area contributed by atoms with Gasteiger partial charge < -0.3 is 10.3 Å². The summed E-state index contributed by atoms with van der Waals surface area (Å²) in [5.74, 6) is -0.0403. The number of aromatic nitrogens is 6. The average Bonchev–Trinajstić information content (AvgIpc) is 3.60. The molecule has 38 heavy (non-hydrogen) atoms. The van der Waals surface area contributed by atoms with Crippen LogP contribution in [0.4, 0.5) is 5.69 Å². The maximum atomic E-state index is 12.4. The number of carbonyl (C=O) groups is 1. The number of fused-ring (bicyclic) bond motifs is 2. The third-order valence-corrected chi connectivity index (χ3v) is 7.28. The summed E-state index contributed by atoms with van der Waals surface area (Å²) in [5.41, 5.74) is 6.55. The zero-order valence-corrected chi connectivity index (χ0v) is 22.4. The van der Waals surface area contributed by atoms with Crippen molar-refractivity contribution in [3.63, 3.8) is 0 Å². The minimum atomic E-state index is -0.0962. The van der Waals surface area contributed by atoms with Crippen LogP contribution in [-0.2, 0) is 4.79 Å². The number of hydrogen-bond acceptors (Lipinski definition) is 6. The Labute approximate surface area is 223 Å². The molecule has 0 aliphatic carbocycles. The minimum absolute atomic E-state index is 0.0403. The molecule has 0 fully saturated rings. The van der Waals surface area contributed by atoms with Crippen LogP contribution >= 0.6 is 11.3 Å². The summed E-state index contributed by atoms with van der Waals surface area (Å²) in [6.07, 6.45) is 7.42. The van der Waals surface area contributed by atoms with Crippen molar-refractivity contribution in [2.45, 2.75) is 34.1 Å². The van der Waals surface area contributed by atoms with Crippen LogP contribution in [0.25, 0.3) is 55.0 Å². The van der Waals surface area contributed by atoms with Crippen molar-refractivity contribution < 1.29 is 4.79 Å². The second-order valence-corrected chi connectivity index (χ2v) is 11.9. The first-order valence-corrected chi connectivity index (χ1v) is 13.2. The molecule has 0 radical (unpaired) electrons. The molecule has 0 spiro atoms. The van der Waals surface area contributed by atoms with Crippen molar-refractivity contribution >= 4 is 44.9 Å². The fourth-order valence-electron chi connectivity index (χ4n) is 4.56. The molecule has 0 bridgehead atoms. The first-order valence-electron chi connectivity index (χ1n) is 12.4. The van der Waals surface area contributed by atoms with Crippen LogP contribution < -0.4 is 5.32 Å². The number of carbonyl (C=O) groups excluding carboxylic acids is 1. The van der Waals surface area contributed by atoms with E-state index in [1.165, 1.54) is 9.75 Å². The monoisotopic (exact) mass is 521 g/mol. The molecule has 6 heterocycles. The van der Waals surface area contributed by atoms with Gasteiger partial charge in [0, 0.05) is 50.5 Å². The molecular formula is C29H27N7OS. The Bertz CT molecular complexity index is 1800. The summed E-state index contributed by atoms with van der Waals surface area (Å²) in [7, 11) is 0. The molecule has 8 nitrogen and oxygen atoms in total. The highest BCUT2D eigenvalue weighted by Gasteiger charge is 2.18. The maximum absolute atomic E-state index is 12.4. The zero-order valence-electron chi connectivity index (χ0n) is 21.6. The fraction of sp³-hybridized carbons (Fsp3) is 0.207. The molecule has 0 aliphatic rings. The maximum Gasteiger partial charge on any atom is 0.224 e. The molecule has 190 valence electrons. The van der Waals surface area contributed by atoms with Gasteiger partial charge in [-0.1, -0.05) is 20.8 Å². The van der Waals surface area contributed by atoms with Crippen LogP contribution in [0.2, 0.25) is 0 Å². The molecule has 6 aromatic rings. The quantitative estimate of drug-likeness (QED) is 0.227. The molecule has 6 aromatic heterocycles. The summed E-state index contributed by atoms with van der Waals surface area (Å²) in [6, 6.07) is 12.3. The van der Waals surface area contributed by atoms with Gasteiger partial charge in [-0.15, -0.1) is 11.3 Å². The van der Waals surface area contributed by atoms with E-state index >= 15 is 0 Å². The zero-order chi connectivity index (χ0) is 26.4. The number of nitrogens with zero attached hydrogens (tertiary/aromatic N) is 4. The number of anilines is 1. The molecule has 1 amide bonds. The smallest absolute Gasteiger partial charge is 0.224 e. The number of thiophene rings is 1. The van der Waals surface area contributed by atoms with Crippen molar-refractivity contribution in [2.75, 3.05) is 5.32 Å². The highest BCUT2D eigenvalue weighted by Crippen LogP contribution is 2.36. The number of H-pyrrole nitrogens is 2. The van der Waals surface area contributed by atoms with Crippen molar-refractivity contribution in [2.24, 2.45) is 5.41 Å². The number of nitrogens with one attached hydrogen (secondary N) is 3. The van der Waals surface area contributed by atoms with Gasteiger partial charge in [-0.25, -0.2) is 4.98 Å². The van der Waals surface area contributed by atoms with E-state index in [0.717, 1.165) is 50.1 Å². The Hall–Kier alpha value is -4.37. The van der Waals surface area contributed by atoms with E-state index in [2.05, 4.69) is 66.6 Å². The van der Waals surface area contributed by atoms with E-state index in [9.17, 15) is 4.79 Å². The minimum Gasteiger partial charge on any atom is -0.338 e. The van der Waals surface area contributed by atoms with Crippen molar-refractivity contribution in [3.05, 3.63) is 66.1 Å². The third kappa shape index (κ3) is 4.68. The second-order valence-electron chi connectivity index (χ2n) is 10.6. The third-order valence-electron chi connectivity index (χ3n) is 6.25. The van der Waals surface area contributed by atoms with Gasteiger partial charge >= 0.3 is 0 Å². The summed E-state index contributed by atoms with van der Waals surface area (Å²) in [6.45, 7) is 8.23. The highest BCUT2D eigenvalue weighted by molar-refractivity contribution is 7.15. The van der Waals surface area contributed by atoms with E-state index in [-0.39, 0.29) is 11.3 Å². The second kappa shape index (κ2) is 9.18. The first-order chi connectivity index (χ1) is 18.2. The van der Waals surface area contributed by atoms with Crippen LogP contribution in [0.15, 0.2) is 61.2 Å². The SMILES string of the molecule is Cc1ccc(-c2ccnc3[nH]c(-c4n[nH]c5cnc(-c6cncc(NC(=O)CC(C)(C)C)c6)cc45)cc23)s1. The molecular weight excluding hydrogens is 494 g/mol. The number of hydrogen-bond donors (Lipinski definition) is 3. The Morgan fingerprint density at radius 3 is 2.68 bits per heavy atom. The van der Waals surface area contributed by atoms with E-state index in [0.29, 0.717) is 12.1 Å². The molecule has 3 N–H and O–H groups in total.